The van der Waals surface area contributed by atoms with Gasteiger partial charge >= 0.3 is 0 Å². The smallest absolute Gasteiger partial charge is 0.230 e. The molecule has 1 amide bonds. The third-order valence-electron chi connectivity index (χ3n) is 5.00. The zero-order valence-corrected chi connectivity index (χ0v) is 15.7. The summed E-state index contributed by atoms with van der Waals surface area (Å²) < 4.78 is 0. The van der Waals surface area contributed by atoms with Crippen molar-refractivity contribution in [2.45, 2.75) is 44.2 Å². The summed E-state index contributed by atoms with van der Waals surface area (Å²) in [6.07, 6.45) is 6.38. The van der Waals surface area contributed by atoms with E-state index < -0.39 is 0 Å². The molecule has 0 unspecified atom stereocenters. The van der Waals surface area contributed by atoms with Gasteiger partial charge in [-0.2, -0.15) is 0 Å². The van der Waals surface area contributed by atoms with E-state index in [4.69, 9.17) is 0 Å². The van der Waals surface area contributed by atoms with Crippen LogP contribution >= 0.6 is 11.8 Å². The second-order valence-corrected chi connectivity index (χ2v) is 8.00. The monoisotopic (exact) mass is 369 g/mol. The average molecular weight is 369 g/mol. The van der Waals surface area contributed by atoms with Crippen molar-refractivity contribution < 1.29 is 4.79 Å². The standard InChI is InChI=1S/C19H23N5OS/c1-12-7-8-15-14(9-12)17-18(21-15)22-19(24-23-17)26-11-16(25)20-10-13-5-3-2-4-6-13/h7-9,13H,2-6,10-11H2,1H3,(H,20,25)(H,21,22,24). The van der Waals surface area contributed by atoms with Crippen molar-refractivity contribution in [3.63, 3.8) is 0 Å². The Kier molecular flexibility index (Phi) is 5.06. The molecule has 26 heavy (non-hydrogen) atoms. The van der Waals surface area contributed by atoms with Gasteiger partial charge in [0, 0.05) is 17.4 Å². The molecule has 4 rings (SSSR count). The molecule has 1 aromatic carbocycles. The summed E-state index contributed by atoms with van der Waals surface area (Å²) in [6, 6.07) is 6.16. The number of rotatable bonds is 5. The number of carbonyl (C=O) groups is 1. The third kappa shape index (κ3) is 3.82. The van der Waals surface area contributed by atoms with Crippen molar-refractivity contribution in [1.29, 1.82) is 0 Å². The van der Waals surface area contributed by atoms with Crippen LogP contribution in [0.4, 0.5) is 0 Å². The van der Waals surface area contributed by atoms with Crippen LogP contribution in [0.1, 0.15) is 37.7 Å². The second kappa shape index (κ2) is 7.61. The van der Waals surface area contributed by atoms with E-state index in [9.17, 15) is 4.79 Å². The number of thioether (sulfide) groups is 1. The van der Waals surface area contributed by atoms with Gasteiger partial charge in [-0.1, -0.05) is 42.7 Å². The van der Waals surface area contributed by atoms with E-state index >= 15 is 0 Å². The third-order valence-corrected chi connectivity index (χ3v) is 5.83. The number of amides is 1. The highest BCUT2D eigenvalue weighted by molar-refractivity contribution is 7.99. The molecule has 1 saturated carbocycles. The normalized spacial score (nSPS) is 15.6. The number of aromatic nitrogens is 4. The van der Waals surface area contributed by atoms with E-state index in [1.54, 1.807) is 0 Å². The summed E-state index contributed by atoms with van der Waals surface area (Å²) in [7, 11) is 0. The van der Waals surface area contributed by atoms with Gasteiger partial charge in [-0.15, -0.1) is 10.2 Å². The predicted molar refractivity (Wildman–Crippen MR) is 104 cm³/mol. The molecule has 2 N–H and O–H groups in total. The predicted octanol–water partition coefficient (Wildman–Crippen LogP) is 3.60. The molecule has 0 bridgehead atoms. The van der Waals surface area contributed by atoms with Crippen LogP contribution in [0.2, 0.25) is 0 Å². The summed E-state index contributed by atoms with van der Waals surface area (Å²) >= 11 is 1.33. The fourth-order valence-electron chi connectivity index (χ4n) is 3.56. The summed E-state index contributed by atoms with van der Waals surface area (Å²) in [5, 5.41) is 13.1. The molecule has 2 aromatic heterocycles. The first-order chi connectivity index (χ1) is 12.7. The maximum Gasteiger partial charge on any atom is 0.230 e. The Labute approximate surface area is 156 Å². The zero-order valence-electron chi connectivity index (χ0n) is 14.9. The van der Waals surface area contributed by atoms with Crippen LogP contribution in [0.25, 0.3) is 22.1 Å². The quantitative estimate of drug-likeness (QED) is 0.671. The highest BCUT2D eigenvalue weighted by Crippen LogP contribution is 2.25. The topological polar surface area (TPSA) is 83.6 Å². The fourth-order valence-corrected chi connectivity index (χ4v) is 4.18. The number of aryl methyl sites for hydroxylation is 1. The molecule has 0 spiro atoms. The van der Waals surface area contributed by atoms with Crippen molar-refractivity contribution in [3.05, 3.63) is 23.8 Å². The van der Waals surface area contributed by atoms with E-state index in [1.165, 1.54) is 49.4 Å². The summed E-state index contributed by atoms with van der Waals surface area (Å²) in [5.74, 6) is 0.998. The van der Waals surface area contributed by atoms with Crippen molar-refractivity contribution >= 4 is 39.7 Å². The Morgan fingerprint density at radius 2 is 2.12 bits per heavy atom. The van der Waals surface area contributed by atoms with Crippen LogP contribution in [-0.4, -0.2) is 38.4 Å². The lowest BCUT2D eigenvalue weighted by atomic mass is 9.89. The lowest BCUT2D eigenvalue weighted by Gasteiger charge is -2.21. The SMILES string of the molecule is Cc1ccc2[nH]c3nc(SCC(=O)NCC4CCCCC4)nnc3c2c1. The number of hydrogen-bond donors (Lipinski definition) is 2. The van der Waals surface area contributed by atoms with E-state index in [-0.39, 0.29) is 5.91 Å². The first kappa shape index (κ1) is 17.3. The van der Waals surface area contributed by atoms with Crippen LogP contribution in [0.3, 0.4) is 0 Å². The van der Waals surface area contributed by atoms with Crippen LogP contribution in [0.15, 0.2) is 23.4 Å². The van der Waals surface area contributed by atoms with Crippen molar-refractivity contribution in [3.8, 4) is 0 Å². The molecule has 1 fully saturated rings. The van der Waals surface area contributed by atoms with Crippen molar-refractivity contribution in [1.82, 2.24) is 25.5 Å². The van der Waals surface area contributed by atoms with Crippen LogP contribution in [0.5, 0.6) is 0 Å². The van der Waals surface area contributed by atoms with Gasteiger partial charge < -0.3 is 10.3 Å². The van der Waals surface area contributed by atoms with Crippen LogP contribution in [-0.2, 0) is 4.79 Å². The number of H-pyrrole nitrogens is 1. The summed E-state index contributed by atoms with van der Waals surface area (Å²) in [6.45, 7) is 2.84. The molecule has 7 heteroatoms. The largest absolute Gasteiger partial charge is 0.355 e. The van der Waals surface area contributed by atoms with Crippen LogP contribution in [0, 0.1) is 12.8 Å². The number of fused-ring (bicyclic) bond motifs is 3. The van der Waals surface area contributed by atoms with E-state index in [0.29, 0.717) is 22.5 Å². The van der Waals surface area contributed by atoms with E-state index in [0.717, 1.165) is 23.0 Å². The van der Waals surface area contributed by atoms with Gasteiger partial charge in [0.25, 0.3) is 0 Å². The number of nitrogens with zero attached hydrogens (tertiary/aromatic N) is 3. The number of carbonyl (C=O) groups excluding carboxylic acids is 1. The first-order valence-corrected chi connectivity index (χ1v) is 10.2. The molecular weight excluding hydrogens is 346 g/mol. The molecule has 0 aliphatic heterocycles. The molecule has 3 aromatic rings. The molecular formula is C19H23N5OS. The lowest BCUT2D eigenvalue weighted by Crippen LogP contribution is -2.31. The van der Waals surface area contributed by atoms with Crippen molar-refractivity contribution in [2.24, 2.45) is 5.92 Å². The fraction of sp³-hybridized carbons (Fsp3) is 0.474. The second-order valence-electron chi connectivity index (χ2n) is 7.06. The van der Waals surface area contributed by atoms with Gasteiger partial charge in [-0.3, -0.25) is 4.79 Å². The Morgan fingerprint density at radius 1 is 1.27 bits per heavy atom. The molecule has 0 atom stereocenters. The Bertz CT molecular complexity index is 932. The maximum atomic E-state index is 12.1. The van der Waals surface area contributed by atoms with E-state index in [1.807, 2.05) is 6.07 Å². The Balaban J connectivity index is 1.37. The van der Waals surface area contributed by atoms with E-state index in [2.05, 4.69) is 44.5 Å². The molecule has 6 nitrogen and oxygen atoms in total. The van der Waals surface area contributed by atoms with Crippen molar-refractivity contribution in [2.75, 3.05) is 12.3 Å². The molecule has 0 radical (unpaired) electrons. The lowest BCUT2D eigenvalue weighted by molar-refractivity contribution is -0.118. The van der Waals surface area contributed by atoms with Gasteiger partial charge in [0.1, 0.15) is 5.52 Å². The Hall–Kier alpha value is -2.15. The average Bonchev–Trinajstić information content (AvgIpc) is 3.02. The zero-order chi connectivity index (χ0) is 17.9. The number of nitrogens with one attached hydrogen (secondary N) is 2. The number of hydrogen-bond acceptors (Lipinski definition) is 5. The van der Waals surface area contributed by atoms with Gasteiger partial charge in [-0.25, -0.2) is 4.98 Å². The van der Waals surface area contributed by atoms with Gasteiger partial charge in [-0.05, 0) is 37.8 Å². The Morgan fingerprint density at radius 3 is 2.96 bits per heavy atom. The molecule has 1 aliphatic rings. The highest BCUT2D eigenvalue weighted by atomic mass is 32.2. The molecule has 136 valence electrons. The van der Waals surface area contributed by atoms with Gasteiger partial charge in [0.15, 0.2) is 5.65 Å². The first-order valence-electron chi connectivity index (χ1n) is 9.21. The molecule has 2 heterocycles. The minimum absolute atomic E-state index is 0.0385. The molecule has 0 saturated heterocycles. The number of aromatic amines is 1. The highest BCUT2D eigenvalue weighted by Gasteiger charge is 2.15. The maximum absolute atomic E-state index is 12.1. The van der Waals surface area contributed by atoms with Crippen LogP contribution < -0.4 is 5.32 Å². The minimum atomic E-state index is 0.0385. The van der Waals surface area contributed by atoms with Gasteiger partial charge in [0.2, 0.25) is 11.1 Å². The summed E-state index contributed by atoms with van der Waals surface area (Å²) in [5.41, 5.74) is 3.66. The summed E-state index contributed by atoms with van der Waals surface area (Å²) in [4.78, 5) is 19.9. The number of benzene rings is 1. The molecule has 1 aliphatic carbocycles. The van der Waals surface area contributed by atoms with Gasteiger partial charge in [0.05, 0.1) is 5.75 Å². The minimum Gasteiger partial charge on any atom is -0.355 e.